The number of nitrogens with one attached hydrogen (secondary N) is 1. The second-order valence-corrected chi connectivity index (χ2v) is 5.72. The van der Waals surface area contributed by atoms with E-state index in [-0.39, 0.29) is 11.9 Å². The van der Waals surface area contributed by atoms with E-state index < -0.39 is 0 Å². The minimum atomic E-state index is -0.0796. The zero-order valence-corrected chi connectivity index (χ0v) is 12.9. The number of hydrogen-bond donors (Lipinski definition) is 1. The first-order valence-corrected chi connectivity index (χ1v) is 7.81. The van der Waals surface area contributed by atoms with Gasteiger partial charge in [0.2, 0.25) is 5.91 Å². The quantitative estimate of drug-likeness (QED) is 0.863. The van der Waals surface area contributed by atoms with Gasteiger partial charge in [0.25, 0.3) is 0 Å². The summed E-state index contributed by atoms with van der Waals surface area (Å²) in [6.45, 7) is 1.25. The lowest BCUT2D eigenvalue weighted by Gasteiger charge is -2.18. The molecule has 0 saturated carbocycles. The van der Waals surface area contributed by atoms with Gasteiger partial charge in [0.15, 0.2) is 0 Å². The van der Waals surface area contributed by atoms with Crippen LogP contribution in [0.1, 0.15) is 11.1 Å². The molecule has 3 rings (SSSR count). The first-order chi connectivity index (χ1) is 11.3. The number of pyridine rings is 1. The van der Waals surface area contributed by atoms with E-state index >= 15 is 0 Å². The van der Waals surface area contributed by atoms with Crippen molar-refractivity contribution < 1.29 is 9.53 Å². The van der Waals surface area contributed by atoms with Crippen LogP contribution in [-0.4, -0.2) is 30.1 Å². The van der Waals surface area contributed by atoms with Crippen molar-refractivity contribution in [1.82, 2.24) is 10.3 Å². The Balaban J connectivity index is 1.56. The van der Waals surface area contributed by atoms with E-state index in [0.29, 0.717) is 19.1 Å². The SMILES string of the molecule is O=C(C=Cc1ccccc1)N[C@@H]1COC[C@H]1Cc1ccncc1. The fraction of sp³-hybridized carbons (Fsp3) is 0.263. The molecular formula is C19H20N2O2. The van der Waals surface area contributed by atoms with Gasteiger partial charge in [0.1, 0.15) is 0 Å². The van der Waals surface area contributed by atoms with Crippen molar-refractivity contribution >= 4 is 12.0 Å². The molecule has 23 heavy (non-hydrogen) atoms. The van der Waals surface area contributed by atoms with Crippen LogP contribution >= 0.6 is 0 Å². The Morgan fingerprint density at radius 2 is 1.96 bits per heavy atom. The highest BCUT2D eigenvalue weighted by molar-refractivity contribution is 5.91. The predicted molar refractivity (Wildman–Crippen MR) is 89.7 cm³/mol. The summed E-state index contributed by atoms with van der Waals surface area (Å²) in [5.74, 6) is 0.218. The van der Waals surface area contributed by atoms with Crippen LogP contribution in [0.4, 0.5) is 0 Å². The van der Waals surface area contributed by atoms with Crippen molar-refractivity contribution in [2.45, 2.75) is 12.5 Å². The van der Waals surface area contributed by atoms with Gasteiger partial charge in [-0.2, -0.15) is 0 Å². The molecule has 2 heterocycles. The van der Waals surface area contributed by atoms with E-state index in [4.69, 9.17) is 4.74 Å². The zero-order valence-electron chi connectivity index (χ0n) is 12.9. The molecule has 0 aliphatic carbocycles. The summed E-state index contributed by atoms with van der Waals surface area (Å²) in [5, 5.41) is 3.05. The summed E-state index contributed by atoms with van der Waals surface area (Å²) in [4.78, 5) is 16.1. The van der Waals surface area contributed by atoms with Crippen LogP contribution in [0.2, 0.25) is 0 Å². The lowest BCUT2D eigenvalue weighted by molar-refractivity contribution is -0.117. The molecule has 4 heteroatoms. The lowest BCUT2D eigenvalue weighted by atomic mass is 9.95. The molecule has 2 aromatic rings. The van der Waals surface area contributed by atoms with Crippen LogP contribution < -0.4 is 5.32 Å². The van der Waals surface area contributed by atoms with Gasteiger partial charge in [-0.15, -0.1) is 0 Å². The van der Waals surface area contributed by atoms with Gasteiger partial charge in [0, 0.05) is 24.4 Å². The third-order valence-electron chi connectivity index (χ3n) is 4.00. The fourth-order valence-corrected chi connectivity index (χ4v) is 2.75. The molecule has 1 saturated heterocycles. The smallest absolute Gasteiger partial charge is 0.244 e. The Hall–Kier alpha value is -2.46. The van der Waals surface area contributed by atoms with Gasteiger partial charge in [-0.1, -0.05) is 30.3 Å². The van der Waals surface area contributed by atoms with Crippen molar-refractivity contribution in [2.24, 2.45) is 5.92 Å². The van der Waals surface area contributed by atoms with Gasteiger partial charge in [-0.3, -0.25) is 9.78 Å². The molecule has 118 valence electrons. The average Bonchev–Trinajstić information content (AvgIpc) is 3.02. The summed E-state index contributed by atoms with van der Waals surface area (Å²) in [6, 6.07) is 13.9. The maximum atomic E-state index is 12.1. The van der Waals surface area contributed by atoms with E-state index in [1.54, 1.807) is 18.5 Å². The highest BCUT2D eigenvalue weighted by Crippen LogP contribution is 2.19. The molecule has 0 unspecified atom stereocenters. The number of aromatic nitrogens is 1. The Morgan fingerprint density at radius 3 is 2.74 bits per heavy atom. The van der Waals surface area contributed by atoms with E-state index in [2.05, 4.69) is 10.3 Å². The summed E-state index contributed by atoms with van der Waals surface area (Å²) in [5.41, 5.74) is 2.23. The Morgan fingerprint density at radius 1 is 1.17 bits per heavy atom. The molecule has 1 aliphatic heterocycles. The summed E-state index contributed by atoms with van der Waals surface area (Å²) in [6.07, 6.45) is 7.87. The van der Waals surface area contributed by atoms with Gasteiger partial charge in [-0.25, -0.2) is 0 Å². The highest BCUT2D eigenvalue weighted by atomic mass is 16.5. The second kappa shape index (κ2) is 7.70. The number of nitrogens with zero attached hydrogens (tertiary/aromatic N) is 1. The first-order valence-electron chi connectivity index (χ1n) is 7.81. The molecule has 0 bridgehead atoms. The molecular weight excluding hydrogens is 288 g/mol. The summed E-state index contributed by atoms with van der Waals surface area (Å²) >= 11 is 0. The molecule has 0 spiro atoms. The average molecular weight is 308 g/mol. The Labute approximate surface area is 136 Å². The van der Waals surface area contributed by atoms with Crippen LogP contribution in [0.25, 0.3) is 6.08 Å². The minimum absolute atomic E-state index is 0.0519. The standard InChI is InChI=1S/C19H20N2O2/c22-19(7-6-15-4-2-1-3-5-15)21-18-14-23-13-17(18)12-16-8-10-20-11-9-16/h1-11,17-18H,12-14H2,(H,21,22)/t17-,18-/m1/s1. The third kappa shape index (κ3) is 4.50. The van der Waals surface area contributed by atoms with Gasteiger partial charge in [0.05, 0.1) is 19.3 Å². The number of hydrogen-bond acceptors (Lipinski definition) is 3. The Bertz CT molecular complexity index is 656. The topological polar surface area (TPSA) is 51.2 Å². The normalized spacial score (nSPS) is 20.7. The largest absolute Gasteiger partial charge is 0.379 e. The van der Waals surface area contributed by atoms with E-state index in [0.717, 1.165) is 12.0 Å². The molecule has 4 nitrogen and oxygen atoms in total. The first kappa shape index (κ1) is 15.4. The number of ether oxygens (including phenoxy) is 1. The summed E-state index contributed by atoms with van der Waals surface area (Å²) in [7, 11) is 0. The molecule has 1 aromatic carbocycles. The molecule has 1 aliphatic rings. The van der Waals surface area contributed by atoms with Crippen molar-refractivity contribution in [3.05, 3.63) is 72.1 Å². The molecule has 2 atom stereocenters. The fourth-order valence-electron chi connectivity index (χ4n) is 2.75. The number of amides is 1. The molecule has 1 aromatic heterocycles. The maximum absolute atomic E-state index is 12.1. The van der Waals surface area contributed by atoms with Crippen molar-refractivity contribution in [3.8, 4) is 0 Å². The number of rotatable bonds is 5. The van der Waals surface area contributed by atoms with Gasteiger partial charge in [-0.05, 0) is 35.8 Å². The molecule has 1 fully saturated rings. The monoisotopic (exact) mass is 308 g/mol. The van der Waals surface area contributed by atoms with Crippen molar-refractivity contribution in [3.63, 3.8) is 0 Å². The Kier molecular flexibility index (Phi) is 5.17. The molecule has 0 radical (unpaired) electrons. The predicted octanol–water partition coefficient (Wildman–Crippen LogP) is 2.47. The minimum Gasteiger partial charge on any atom is -0.379 e. The van der Waals surface area contributed by atoms with Crippen molar-refractivity contribution in [1.29, 1.82) is 0 Å². The van der Waals surface area contributed by atoms with E-state index in [1.807, 2.05) is 48.5 Å². The van der Waals surface area contributed by atoms with Crippen LogP contribution in [0.15, 0.2) is 60.9 Å². The highest BCUT2D eigenvalue weighted by Gasteiger charge is 2.29. The van der Waals surface area contributed by atoms with Gasteiger partial charge >= 0.3 is 0 Å². The number of carbonyl (C=O) groups excluding carboxylic acids is 1. The third-order valence-corrected chi connectivity index (χ3v) is 4.00. The number of carbonyl (C=O) groups is 1. The van der Waals surface area contributed by atoms with E-state index in [1.165, 1.54) is 5.56 Å². The van der Waals surface area contributed by atoms with Crippen LogP contribution in [0.3, 0.4) is 0 Å². The maximum Gasteiger partial charge on any atom is 0.244 e. The summed E-state index contributed by atoms with van der Waals surface area (Å²) < 4.78 is 5.55. The van der Waals surface area contributed by atoms with Crippen LogP contribution in [0, 0.1) is 5.92 Å². The molecule has 1 N–H and O–H groups in total. The van der Waals surface area contributed by atoms with Crippen LogP contribution in [-0.2, 0) is 16.0 Å². The number of benzene rings is 1. The second-order valence-electron chi connectivity index (χ2n) is 5.72. The van der Waals surface area contributed by atoms with E-state index in [9.17, 15) is 4.79 Å². The van der Waals surface area contributed by atoms with Crippen molar-refractivity contribution in [2.75, 3.05) is 13.2 Å². The molecule has 1 amide bonds. The zero-order chi connectivity index (χ0) is 15.9. The van der Waals surface area contributed by atoms with Crippen LogP contribution in [0.5, 0.6) is 0 Å². The lowest BCUT2D eigenvalue weighted by Crippen LogP contribution is -2.39. The van der Waals surface area contributed by atoms with Gasteiger partial charge < -0.3 is 10.1 Å².